The Morgan fingerprint density at radius 1 is 1.10 bits per heavy atom. The number of likely N-dealkylation sites (N-methyl/N-ethyl adjacent to an activating group) is 1. The number of oxazole rings is 1. The molecule has 9 heteroatoms. The van der Waals surface area contributed by atoms with Gasteiger partial charge in [-0.25, -0.2) is 18.2 Å². The molecule has 0 aliphatic carbocycles. The van der Waals surface area contributed by atoms with Crippen molar-refractivity contribution >= 4 is 17.5 Å². The maximum Gasteiger partial charge on any atom is 0.243 e. The Balaban J connectivity index is 1.51. The fourth-order valence-electron chi connectivity index (χ4n) is 2.71. The minimum absolute atomic E-state index is 0.00952. The van der Waals surface area contributed by atoms with Crippen LogP contribution in [0.3, 0.4) is 0 Å². The number of halogens is 3. The molecule has 1 aromatic heterocycles. The molecule has 6 nitrogen and oxygen atoms in total. The van der Waals surface area contributed by atoms with Gasteiger partial charge < -0.3 is 14.6 Å². The van der Waals surface area contributed by atoms with Gasteiger partial charge in [-0.2, -0.15) is 0 Å². The van der Waals surface area contributed by atoms with E-state index in [0.717, 1.165) is 12.1 Å². The van der Waals surface area contributed by atoms with Gasteiger partial charge in [0.25, 0.3) is 0 Å². The molecule has 0 aliphatic heterocycles. The first-order chi connectivity index (χ1) is 14.3. The number of hydrogen-bond acceptors (Lipinski definition) is 4. The second-order valence-electron chi connectivity index (χ2n) is 6.55. The normalized spacial score (nSPS) is 10.7. The van der Waals surface area contributed by atoms with Crippen LogP contribution in [0, 0.1) is 17.5 Å². The van der Waals surface area contributed by atoms with Gasteiger partial charge >= 0.3 is 0 Å². The Morgan fingerprint density at radius 2 is 1.87 bits per heavy atom. The van der Waals surface area contributed by atoms with Crippen LogP contribution in [0.1, 0.15) is 12.3 Å². The molecule has 2 aromatic carbocycles. The standard InChI is InChI=1S/C21H18F3N3O3/c1-27(12-19(28)26-15-4-2-3-13(22)9-15)21(29)8-7-20-25-11-18(30-20)16-6-5-14(23)10-17(16)24/h2-6,9-11H,7-8,12H2,1H3,(H,26,28). The first-order valence-electron chi connectivity index (χ1n) is 9.01. The summed E-state index contributed by atoms with van der Waals surface area (Å²) in [5.41, 5.74) is 0.355. The summed E-state index contributed by atoms with van der Waals surface area (Å²) in [6.45, 7) is -0.215. The Labute approximate surface area is 170 Å². The first kappa shape index (κ1) is 21.1. The van der Waals surface area contributed by atoms with Gasteiger partial charge in [-0.05, 0) is 30.3 Å². The number of amides is 2. The van der Waals surface area contributed by atoms with Gasteiger partial charge in [0.1, 0.15) is 17.5 Å². The minimum atomic E-state index is -0.780. The molecule has 0 atom stereocenters. The molecule has 156 valence electrons. The fourth-order valence-corrected chi connectivity index (χ4v) is 2.71. The van der Waals surface area contributed by atoms with Crippen molar-refractivity contribution in [1.29, 1.82) is 0 Å². The molecular weight excluding hydrogens is 399 g/mol. The number of nitrogens with zero attached hydrogens (tertiary/aromatic N) is 2. The van der Waals surface area contributed by atoms with E-state index >= 15 is 0 Å². The summed E-state index contributed by atoms with van der Waals surface area (Å²) < 4.78 is 45.4. The van der Waals surface area contributed by atoms with Crippen molar-refractivity contribution in [3.05, 3.63) is 72.0 Å². The number of carbonyl (C=O) groups excluding carboxylic acids is 2. The lowest BCUT2D eigenvalue weighted by Crippen LogP contribution is -2.35. The second kappa shape index (κ2) is 9.25. The van der Waals surface area contributed by atoms with Crippen LogP contribution >= 0.6 is 0 Å². The molecule has 3 rings (SSSR count). The summed E-state index contributed by atoms with van der Waals surface area (Å²) >= 11 is 0. The Kier molecular flexibility index (Phi) is 6.51. The van der Waals surface area contributed by atoms with Crippen molar-refractivity contribution in [2.24, 2.45) is 0 Å². The van der Waals surface area contributed by atoms with Gasteiger partial charge in [-0.1, -0.05) is 6.07 Å². The molecule has 0 saturated heterocycles. The summed E-state index contributed by atoms with van der Waals surface area (Å²) in [5, 5.41) is 2.51. The molecule has 0 spiro atoms. The third-order valence-electron chi connectivity index (χ3n) is 4.22. The van der Waals surface area contributed by atoms with Crippen molar-refractivity contribution in [3.8, 4) is 11.3 Å². The molecule has 0 fully saturated rings. The number of anilines is 1. The molecule has 1 heterocycles. The van der Waals surface area contributed by atoms with Gasteiger partial charge in [-0.3, -0.25) is 9.59 Å². The number of nitrogens with one attached hydrogen (secondary N) is 1. The molecule has 1 N–H and O–H groups in total. The largest absolute Gasteiger partial charge is 0.441 e. The summed E-state index contributed by atoms with van der Waals surface area (Å²) in [6.07, 6.45) is 1.44. The maximum absolute atomic E-state index is 13.8. The average molecular weight is 417 g/mol. The van der Waals surface area contributed by atoms with E-state index in [4.69, 9.17) is 4.42 Å². The molecular formula is C21H18F3N3O3. The molecule has 30 heavy (non-hydrogen) atoms. The quantitative estimate of drug-likeness (QED) is 0.635. The highest BCUT2D eigenvalue weighted by Crippen LogP contribution is 2.24. The first-order valence-corrected chi connectivity index (χ1v) is 9.01. The van der Waals surface area contributed by atoms with E-state index in [9.17, 15) is 22.8 Å². The third-order valence-corrected chi connectivity index (χ3v) is 4.22. The average Bonchev–Trinajstić information content (AvgIpc) is 3.14. The summed E-state index contributed by atoms with van der Waals surface area (Å²) in [6, 6.07) is 8.51. The van der Waals surface area contributed by atoms with E-state index in [1.165, 1.54) is 48.5 Å². The number of aryl methyl sites for hydroxylation is 1. The predicted molar refractivity (Wildman–Crippen MR) is 103 cm³/mol. The van der Waals surface area contributed by atoms with Crippen molar-refractivity contribution < 1.29 is 27.2 Å². The lowest BCUT2D eigenvalue weighted by molar-refractivity contribution is -0.133. The summed E-state index contributed by atoms with van der Waals surface area (Å²) in [5.74, 6) is -2.44. The van der Waals surface area contributed by atoms with Crippen LogP contribution < -0.4 is 5.32 Å². The number of benzene rings is 2. The molecule has 0 aliphatic rings. The Bertz CT molecular complexity index is 1070. The number of rotatable bonds is 7. The van der Waals surface area contributed by atoms with E-state index in [-0.39, 0.29) is 42.5 Å². The van der Waals surface area contributed by atoms with Crippen molar-refractivity contribution in [3.63, 3.8) is 0 Å². The highest BCUT2D eigenvalue weighted by molar-refractivity contribution is 5.94. The van der Waals surface area contributed by atoms with Crippen molar-refractivity contribution in [2.45, 2.75) is 12.8 Å². The van der Waals surface area contributed by atoms with Crippen LogP contribution in [0.5, 0.6) is 0 Å². The van der Waals surface area contributed by atoms with Crippen LogP contribution in [-0.2, 0) is 16.0 Å². The van der Waals surface area contributed by atoms with Gasteiger partial charge in [-0.15, -0.1) is 0 Å². The van der Waals surface area contributed by atoms with Crippen LogP contribution in [0.4, 0.5) is 18.9 Å². The van der Waals surface area contributed by atoms with Gasteiger partial charge in [0.15, 0.2) is 11.7 Å². The molecule has 3 aromatic rings. The third kappa shape index (κ3) is 5.47. The van der Waals surface area contributed by atoms with Crippen molar-refractivity contribution in [2.75, 3.05) is 18.9 Å². The van der Waals surface area contributed by atoms with Crippen LogP contribution in [-0.4, -0.2) is 35.3 Å². The van der Waals surface area contributed by atoms with Gasteiger partial charge in [0.2, 0.25) is 11.8 Å². The van der Waals surface area contributed by atoms with E-state index in [1.807, 2.05) is 0 Å². The smallest absolute Gasteiger partial charge is 0.243 e. The number of aromatic nitrogens is 1. The summed E-state index contributed by atoms with van der Waals surface area (Å²) in [7, 11) is 1.46. The molecule has 2 amide bonds. The lowest BCUT2D eigenvalue weighted by atomic mass is 10.2. The van der Waals surface area contributed by atoms with Crippen LogP contribution in [0.2, 0.25) is 0 Å². The van der Waals surface area contributed by atoms with E-state index in [2.05, 4.69) is 10.3 Å². The Morgan fingerprint density at radius 3 is 2.60 bits per heavy atom. The SMILES string of the molecule is CN(CC(=O)Nc1cccc(F)c1)C(=O)CCc1ncc(-c2ccc(F)cc2F)o1. The van der Waals surface area contributed by atoms with Gasteiger partial charge in [0.05, 0.1) is 18.3 Å². The van der Waals surface area contributed by atoms with Crippen LogP contribution in [0.25, 0.3) is 11.3 Å². The zero-order valence-corrected chi connectivity index (χ0v) is 16.0. The molecule has 0 saturated carbocycles. The predicted octanol–water partition coefficient (Wildman–Crippen LogP) is 3.79. The highest BCUT2D eigenvalue weighted by atomic mass is 19.1. The van der Waals surface area contributed by atoms with Gasteiger partial charge in [0, 0.05) is 31.6 Å². The van der Waals surface area contributed by atoms with Crippen LogP contribution in [0.15, 0.2) is 53.1 Å². The maximum atomic E-state index is 13.8. The molecule has 0 radical (unpaired) electrons. The van der Waals surface area contributed by atoms with Crippen molar-refractivity contribution in [1.82, 2.24) is 9.88 Å². The number of hydrogen-bond donors (Lipinski definition) is 1. The Hall–Kier alpha value is -3.62. The number of carbonyl (C=O) groups is 2. The lowest BCUT2D eigenvalue weighted by Gasteiger charge is -2.16. The monoisotopic (exact) mass is 417 g/mol. The minimum Gasteiger partial charge on any atom is -0.441 e. The second-order valence-corrected chi connectivity index (χ2v) is 6.55. The molecule has 0 bridgehead atoms. The fraction of sp³-hybridized carbons (Fsp3) is 0.190. The van der Waals surface area contributed by atoms with E-state index < -0.39 is 23.4 Å². The van der Waals surface area contributed by atoms with E-state index in [1.54, 1.807) is 0 Å². The molecule has 0 unspecified atom stereocenters. The zero-order valence-electron chi connectivity index (χ0n) is 16.0. The zero-order chi connectivity index (χ0) is 21.7. The summed E-state index contributed by atoms with van der Waals surface area (Å²) in [4.78, 5) is 29.5. The topological polar surface area (TPSA) is 75.4 Å². The van der Waals surface area contributed by atoms with E-state index in [0.29, 0.717) is 5.69 Å². The highest BCUT2D eigenvalue weighted by Gasteiger charge is 2.16.